The predicted octanol–water partition coefficient (Wildman–Crippen LogP) is 2.61. The van der Waals surface area contributed by atoms with E-state index in [0.29, 0.717) is 6.54 Å². The van der Waals surface area contributed by atoms with Gasteiger partial charge >= 0.3 is 0 Å². The summed E-state index contributed by atoms with van der Waals surface area (Å²) < 4.78 is 2.12. The summed E-state index contributed by atoms with van der Waals surface area (Å²) in [7, 11) is 0. The standard InChI is InChI=1S/C12H11N3O/c16-14-6-5-11-9-3-1-2-4-10(9)12-7-13-8-15(11)12/h1-4,7-8,11H,5-6H2. The Morgan fingerprint density at radius 1 is 1.38 bits per heavy atom. The Morgan fingerprint density at radius 3 is 3.12 bits per heavy atom. The van der Waals surface area contributed by atoms with Gasteiger partial charge in [0.15, 0.2) is 0 Å². The summed E-state index contributed by atoms with van der Waals surface area (Å²) in [6.45, 7) is 0.344. The zero-order valence-electron chi connectivity index (χ0n) is 8.71. The topological polar surface area (TPSA) is 47.2 Å². The van der Waals surface area contributed by atoms with Crippen molar-refractivity contribution in [1.29, 1.82) is 0 Å². The van der Waals surface area contributed by atoms with Crippen LogP contribution in [0.5, 0.6) is 0 Å². The summed E-state index contributed by atoms with van der Waals surface area (Å²) in [4.78, 5) is 14.4. The van der Waals surface area contributed by atoms with Crippen LogP contribution in [-0.4, -0.2) is 16.1 Å². The van der Waals surface area contributed by atoms with Crippen LogP contribution in [0.1, 0.15) is 18.0 Å². The molecule has 0 bridgehead atoms. The molecule has 0 radical (unpaired) electrons. The first-order chi connectivity index (χ1) is 7.92. The van der Waals surface area contributed by atoms with Gasteiger partial charge in [-0.15, -0.1) is 0 Å². The third kappa shape index (κ3) is 1.19. The molecule has 0 fully saturated rings. The van der Waals surface area contributed by atoms with Crippen LogP contribution in [0.15, 0.2) is 42.0 Å². The number of hydrogen-bond acceptors (Lipinski definition) is 3. The van der Waals surface area contributed by atoms with E-state index in [4.69, 9.17) is 0 Å². The Balaban J connectivity index is 2.09. The van der Waals surface area contributed by atoms with Crippen molar-refractivity contribution < 1.29 is 0 Å². The van der Waals surface area contributed by atoms with Crippen molar-refractivity contribution in [2.45, 2.75) is 12.5 Å². The van der Waals surface area contributed by atoms with E-state index in [9.17, 15) is 4.91 Å². The Labute approximate surface area is 92.9 Å². The second-order valence-electron chi connectivity index (χ2n) is 3.93. The minimum Gasteiger partial charge on any atom is -0.323 e. The number of hydrogen-bond donors (Lipinski definition) is 0. The highest BCUT2D eigenvalue weighted by molar-refractivity contribution is 5.68. The van der Waals surface area contributed by atoms with Crippen LogP contribution in [0.4, 0.5) is 0 Å². The van der Waals surface area contributed by atoms with E-state index in [1.165, 1.54) is 11.1 Å². The second kappa shape index (κ2) is 3.56. The van der Waals surface area contributed by atoms with E-state index in [-0.39, 0.29) is 6.04 Å². The van der Waals surface area contributed by atoms with Gasteiger partial charge in [-0.3, -0.25) is 0 Å². The molecule has 1 aromatic heterocycles. The Kier molecular flexibility index (Phi) is 2.06. The van der Waals surface area contributed by atoms with Gasteiger partial charge in [-0.05, 0) is 12.0 Å². The fraction of sp³-hybridized carbons (Fsp3) is 0.250. The summed E-state index contributed by atoms with van der Waals surface area (Å²) in [6, 6.07) is 8.47. The zero-order chi connectivity index (χ0) is 11.0. The fourth-order valence-electron chi connectivity index (χ4n) is 2.40. The van der Waals surface area contributed by atoms with E-state index in [1.807, 2.05) is 24.7 Å². The Hall–Kier alpha value is -1.97. The van der Waals surface area contributed by atoms with Gasteiger partial charge in [0.1, 0.15) is 0 Å². The first-order valence-corrected chi connectivity index (χ1v) is 5.32. The number of nitroso groups, excluding NO2 is 1. The zero-order valence-corrected chi connectivity index (χ0v) is 8.71. The van der Waals surface area contributed by atoms with Crippen LogP contribution < -0.4 is 0 Å². The molecule has 0 amide bonds. The molecule has 0 saturated carbocycles. The molecule has 0 N–H and O–H groups in total. The summed E-state index contributed by atoms with van der Waals surface area (Å²) in [6.07, 6.45) is 4.43. The molecular formula is C12H11N3O. The summed E-state index contributed by atoms with van der Waals surface area (Å²) >= 11 is 0. The van der Waals surface area contributed by atoms with Crippen LogP contribution >= 0.6 is 0 Å². The van der Waals surface area contributed by atoms with Crippen molar-refractivity contribution in [3.05, 3.63) is 47.3 Å². The van der Waals surface area contributed by atoms with Crippen molar-refractivity contribution in [3.63, 3.8) is 0 Å². The fourth-order valence-corrected chi connectivity index (χ4v) is 2.40. The van der Waals surface area contributed by atoms with E-state index in [1.54, 1.807) is 0 Å². The maximum atomic E-state index is 10.2. The number of aromatic nitrogens is 2. The average molecular weight is 213 g/mol. The summed E-state index contributed by atoms with van der Waals surface area (Å²) in [5, 5.41) is 2.95. The number of nitrogens with zero attached hydrogens (tertiary/aromatic N) is 3. The highest BCUT2D eigenvalue weighted by atomic mass is 16.3. The molecule has 2 heterocycles. The smallest absolute Gasteiger partial charge is 0.0956 e. The molecule has 4 heteroatoms. The molecule has 1 aromatic carbocycles. The molecule has 80 valence electrons. The Bertz CT molecular complexity index is 533. The average Bonchev–Trinajstić information content (AvgIpc) is 2.87. The molecule has 0 saturated heterocycles. The van der Waals surface area contributed by atoms with E-state index >= 15 is 0 Å². The highest BCUT2D eigenvalue weighted by Crippen LogP contribution is 2.40. The van der Waals surface area contributed by atoms with Gasteiger partial charge in [-0.1, -0.05) is 29.4 Å². The lowest BCUT2D eigenvalue weighted by atomic mass is 10.0. The monoisotopic (exact) mass is 213 g/mol. The molecule has 4 nitrogen and oxygen atoms in total. The van der Waals surface area contributed by atoms with Gasteiger partial charge in [-0.2, -0.15) is 4.91 Å². The second-order valence-corrected chi connectivity index (χ2v) is 3.93. The van der Waals surface area contributed by atoms with Gasteiger partial charge in [0.25, 0.3) is 0 Å². The van der Waals surface area contributed by atoms with Crippen LogP contribution in [-0.2, 0) is 0 Å². The van der Waals surface area contributed by atoms with Crippen molar-refractivity contribution in [2.24, 2.45) is 5.18 Å². The van der Waals surface area contributed by atoms with Crippen LogP contribution in [0.25, 0.3) is 11.3 Å². The molecular weight excluding hydrogens is 202 g/mol. The minimum atomic E-state index is 0.214. The minimum absolute atomic E-state index is 0.214. The third-order valence-electron chi connectivity index (χ3n) is 3.09. The van der Waals surface area contributed by atoms with E-state index in [0.717, 1.165) is 12.1 Å². The predicted molar refractivity (Wildman–Crippen MR) is 61.1 cm³/mol. The van der Waals surface area contributed by atoms with Gasteiger partial charge in [0, 0.05) is 5.56 Å². The lowest BCUT2D eigenvalue weighted by Gasteiger charge is -2.12. The lowest BCUT2D eigenvalue weighted by Crippen LogP contribution is -2.05. The molecule has 0 aliphatic carbocycles. The van der Waals surface area contributed by atoms with E-state index in [2.05, 4.69) is 26.9 Å². The highest BCUT2D eigenvalue weighted by Gasteiger charge is 2.27. The quantitative estimate of drug-likeness (QED) is 0.736. The van der Waals surface area contributed by atoms with E-state index < -0.39 is 0 Å². The van der Waals surface area contributed by atoms with Crippen molar-refractivity contribution in [3.8, 4) is 11.3 Å². The number of rotatable bonds is 3. The van der Waals surface area contributed by atoms with Gasteiger partial charge < -0.3 is 4.57 Å². The molecule has 3 rings (SSSR count). The Morgan fingerprint density at radius 2 is 2.25 bits per heavy atom. The SMILES string of the molecule is O=NCCC1c2ccccc2-c2cncn21. The maximum absolute atomic E-state index is 10.2. The van der Waals surface area contributed by atoms with Crippen LogP contribution in [0, 0.1) is 4.91 Å². The molecule has 1 unspecified atom stereocenters. The summed E-state index contributed by atoms with van der Waals surface area (Å²) in [5.41, 5.74) is 3.62. The third-order valence-corrected chi connectivity index (χ3v) is 3.09. The largest absolute Gasteiger partial charge is 0.323 e. The van der Waals surface area contributed by atoms with Gasteiger partial charge in [0.2, 0.25) is 0 Å². The molecule has 0 spiro atoms. The number of benzene rings is 1. The van der Waals surface area contributed by atoms with Crippen molar-refractivity contribution in [1.82, 2.24) is 9.55 Å². The molecule has 1 atom stereocenters. The summed E-state index contributed by atoms with van der Waals surface area (Å²) in [5.74, 6) is 0. The normalized spacial score (nSPS) is 16.9. The van der Waals surface area contributed by atoms with Crippen LogP contribution in [0.3, 0.4) is 0 Å². The van der Waals surface area contributed by atoms with Gasteiger partial charge in [-0.25, -0.2) is 4.98 Å². The van der Waals surface area contributed by atoms with Crippen molar-refractivity contribution in [2.75, 3.05) is 6.54 Å². The molecule has 2 aromatic rings. The lowest BCUT2D eigenvalue weighted by molar-refractivity contribution is 0.570. The number of imidazole rings is 1. The molecule has 1 aliphatic rings. The van der Waals surface area contributed by atoms with Crippen LogP contribution in [0.2, 0.25) is 0 Å². The van der Waals surface area contributed by atoms with Crippen molar-refractivity contribution >= 4 is 0 Å². The molecule has 16 heavy (non-hydrogen) atoms. The maximum Gasteiger partial charge on any atom is 0.0956 e. The van der Waals surface area contributed by atoms with Gasteiger partial charge in [0.05, 0.1) is 30.8 Å². The molecule has 1 aliphatic heterocycles. The first kappa shape index (κ1) is 9.27. The number of fused-ring (bicyclic) bond motifs is 3. The first-order valence-electron chi connectivity index (χ1n) is 5.32.